The zero-order chi connectivity index (χ0) is 20.4. The summed E-state index contributed by atoms with van der Waals surface area (Å²) >= 11 is 0. The van der Waals surface area contributed by atoms with Crippen molar-refractivity contribution in [3.63, 3.8) is 0 Å². The van der Waals surface area contributed by atoms with E-state index in [0.717, 1.165) is 0 Å². The third-order valence-electron chi connectivity index (χ3n) is 4.75. The minimum Gasteiger partial charge on any atom is -0.491 e. The number of Topliss-reactive ketones (excluding diaryl/α,β-unsaturated/α-hetero) is 1. The van der Waals surface area contributed by atoms with Crippen molar-refractivity contribution < 1.29 is 29.3 Å². The Hall–Kier alpha value is -2.44. The Balaban J connectivity index is 1.84. The third kappa shape index (κ3) is 6.94. The van der Waals surface area contributed by atoms with Crippen molar-refractivity contribution in [1.82, 2.24) is 0 Å². The number of aliphatic hydroxyl groups is 2. The van der Waals surface area contributed by atoms with E-state index in [2.05, 4.69) is 4.74 Å². The van der Waals surface area contributed by atoms with Gasteiger partial charge in [0.1, 0.15) is 24.2 Å². The van der Waals surface area contributed by atoms with Gasteiger partial charge < -0.3 is 19.7 Å². The number of ketones is 1. The highest BCUT2D eigenvalue weighted by atomic mass is 16.5. The van der Waals surface area contributed by atoms with Crippen LogP contribution in [0.15, 0.2) is 54.6 Å². The number of hydrogen-bond donors (Lipinski definition) is 2. The second-order valence-electron chi connectivity index (χ2n) is 6.82. The summed E-state index contributed by atoms with van der Waals surface area (Å²) in [4.78, 5) is 23.3. The molecule has 0 heterocycles. The van der Waals surface area contributed by atoms with E-state index < -0.39 is 12.2 Å². The first-order chi connectivity index (χ1) is 13.5. The molecule has 28 heavy (non-hydrogen) atoms. The highest BCUT2D eigenvalue weighted by molar-refractivity contribution is 5.84. The summed E-state index contributed by atoms with van der Waals surface area (Å²) in [5.74, 6) is -0.271. The standard InChI is InChI=1S/C22H28O6/c1-27-22(26)11-7-3-6-10-18-19(21(25)14-20(18)24)13-12-16(23)15-28-17-8-4-2-5-9-17/h2-6,8-9,12-13,16,18-19,21,23,25H,7,10-11,14-15H2,1H3/b6-3+,13-12+/t16?,18-,19-,21-/m1/s1. The van der Waals surface area contributed by atoms with Crippen LogP contribution in [0, 0.1) is 11.8 Å². The summed E-state index contributed by atoms with van der Waals surface area (Å²) in [6.07, 6.45) is 6.85. The first-order valence-electron chi connectivity index (χ1n) is 9.48. The summed E-state index contributed by atoms with van der Waals surface area (Å²) < 4.78 is 10.1. The van der Waals surface area contributed by atoms with E-state index >= 15 is 0 Å². The molecule has 2 rings (SSSR count). The zero-order valence-electron chi connectivity index (χ0n) is 16.1. The quantitative estimate of drug-likeness (QED) is 0.472. The van der Waals surface area contributed by atoms with E-state index in [0.29, 0.717) is 25.0 Å². The van der Waals surface area contributed by atoms with Crippen molar-refractivity contribution in [2.24, 2.45) is 11.8 Å². The van der Waals surface area contributed by atoms with Crippen molar-refractivity contribution in [1.29, 1.82) is 0 Å². The molecule has 1 aromatic rings. The molecule has 1 saturated carbocycles. The molecule has 1 aliphatic rings. The lowest BCUT2D eigenvalue weighted by Gasteiger charge is -2.17. The number of esters is 1. The number of rotatable bonds is 10. The Labute approximate surface area is 165 Å². The minimum absolute atomic E-state index is 0.00907. The average Bonchev–Trinajstić information content (AvgIpc) is 2.97. The second kappa shape index (κ2) is 11.4. The summed E-state index contributed by atoms with van der Waals surface area (Å²) in [6, 6.07) is 9.19. The fourth-order valence-electron chi connectivity index (χ4n) is 3.20. The van der Waals surface area contributed by atoms with E-state index in [4.69, 9.17) is 4.74 Å². The monoisotopic (exact) mass is 388 g/mol. The number of hydrogen-bond acceptors (Lipinski definition) is 6. The summed E-state index contributed by atoms with van der Waals surface area (Å²) in [7, 11) is 1.35. The number of benzene rings is 1. The molecule has 0 bridgehead atoms. The number of allylic oxidation sites excluding steroid dienone is 2. The number of carbonyl (C=O) groups excluding carboxylic acids is 2. The molecule has 1 unspecified atom stereocenters. The van der Waals surface area contributed by atoms with Gasteiger partial charge in [0.25, 0.3) is 0 Å². The Morgan fingerprint density at radius 1 is 1.29 bits per heavy atom. The number of ether oxygens (including phenoxy) is 2. The first-order valence-corrected chi connectivity index (χ1v) is 9.48. The molecule has 6 nitrogen and oxygen atoms in total. The van der Waals surface area contributed by atoms with Crippen LogP contribution in [-0.4, -0.2) is 47.9 Å². The number of methoxy groups -OCH3 is 1. The topological polar surface area (TPSA) is 93.1 Å². The second-order valence-corrected chi connectivity index (χ2v) is 6.82. The minimum atomic E-state index is -0.834. The fraction of sp³-hybridized carbons (Fsp3) is 0.455. The Morgan fingerprint density at radius 2 is 2.04 bits per heavy atom. The summed E-state index contributed by atoms with van der Waals surface area (Å²) in [5, 5.41) is 20.3. The SMILES string of the molecule is COC(=O)CC/C=C/C[C@H]1C(=O)C[C@@H](O)[C@@H]1/C=C/C(O)COc1ccccc1. The molecule has 0 radical (unpaired) electrons. The van der Waals surface area contributed by atoms with Crippen LogP contribution in [0.5, 0.6) is 5.75 Å². The van der Waals surface area contributed by atoms with Gasteiger partial charge in [-0.05, 0) is 25.0 Å². The number of para-hydroxylation sites is 1. The van der Waals surface area contributed by atoms with Crippen molar-refractivity contribution in [2.45, 2.75) is 37.9 Å². The zero-order valence-corrected chi connectivity index (χ0v) is 16.1. The molecule has 4 atom stereocenters. The number of aliphatic hydroxyl groups excluding tert-OH is 2. The van der Waals surface area contributed by atoms with Crippen LogP contribution in [0.2, 0.25) is 0 Å². The highest BCUT2D eigenvalue weighted by Crippen LogP contribution is 2.33. The molecular formula is C22H28O6. The predicted molar refractivity (Wildman–Crippen MR) is 105 cm³/mol. The van der Waals surface area contributed by atoms with Crippen molar-refractivity contribution in [3.05, 3.63) is 54.6 Å². The van der Waals surface area contributed by atoms with Crippen LogP contribution in [0.25, 0.3) is 0 Å². The van der Waals surface area contributed by atoms with Crippen molar-refractivity contribution >= 4 is 11.8 Å². The largest absolute Gasteiger partial charge is 0.491 e. The summed E-state index contributed by atoms with van der Waals surface area (Å²) in [6.45, 7) is 0.0926. The maximum Gasteiger partial charge on any atom is 0.305 e. The third-order valence-corrected chi connectivity index (χ3v) is 4.75. The molecule has 1 aliphatic carbocycles. The van der Waals surface area contributed by atoms with Crippen LogP contribution in [-0.2, 0) is 14.3 Å². The molecule has 0 aliphatic heterocycles. The lowest BCUT2D eigenvalue weighted by Crippen LogP contribution is -2.20. The molecule has 6 heteroatoms. The van der Waals surface area contributed by atoms with Crippen LogP contribution in [0.4, 0.5) is 0 Å². The first kappa shape index (κ1) is 21.9. The van der Waals surface area contributed by atoms with E-state index in [1.807, 2.05) is 30.4 Å². The van der Waals surface area contributed by atoms with E-state index in [1.165, 1.54) is 7.11 Å². The molecule has 1 fully saturated rings. The maximum atomic E-state index is 12.2. The molecular weight excluding hydrogens is 360 g/mol. The van der Waals surface area contributed by atoms with E-state index in [1.54, 1.807) is 24.3 Å². The smallest absolute Gasteiger partial charge is 0.305 e. The van der Waals surface area contributed by atoms with Crippen LogP contribution >= 0.6 is 0 Å². The van der Waals surface area contributed by atoms with Gasteiger partial charge in [-0.15, -0.1) is 0 Å². The van der Waals surface area contributed by atoms with Gasteiger partial charge >= 0.3 is 5.97 Å². The average molecular weight is 388 g/mol. The van der Waals surface area contributed by atoms with Gasteiger partial charge in [-0.2, -0.15) is 0 Å². The van der Waals surface area contributed by atoms with Crippen molar-refractivity contribution in [2.75, 3.05) is 13.7 Å². The fourth-order valence-corrected chi connectivity index (χ4v) is 3.20. The normalized spacial score (nSPS) is 23.4. The van der Waals surface area contributed by atoms with Crippen LogP contribution in [0.1, 0.15) is 25.7 Å². The lowest BCUT2D eigenvalue weighted by atomic mass is 9.90. The van der Waals surface area contributed by atoms with Gasteiger partial charge in [0, 0.05) is 24.7 Å². The van der Waals surface area contributed by atoms with E-state index in [9.17, 15) is 19.8 Å². The molecule has 0 amide bonds. The van der Waals surface area contributed by atoms with Gasteiger partial charge in [-0.1, -0.05) is 42.5 Å². The molecule has 0 aromatic heterocycles. The van der Waals surface area contributed by atoms with Crippen molar-refractivity contribution in [3.8, 4) is 5.75 Å². The van der Waals surface area contributed by atoms with Gasteiger partial charge in [0.05, 0.1) is 13.2 Å². The Kier molecular flexibility index (Phi) is 8.91. The molecule has 0 spiro atoms. The Morgan fingerprint density at radius 3 is 2.75 bits per heavy atom. The van der Waals surface area contributed by atoms with Crippen LogP contribution in [0.3, 0.4) is 0 Å². The van der Waals surface area contributed by atoms with Gasteiger partial charge in [-0.25, -0.2) is 0 Å². The predicted octanol–water partition coefficient (Wildman–Crippen LogP) is 2.45. The molecule has 1 aromatic carbocycles. The molecule has 2 N–H and O–H groups in total. The maximum absolute atomic E-state index is 12.2. The molecule has 152 valence electrons. The van der Waals surface area contributed by atoms with Crippen LogP contribution < -0.4 is 4.74 Å². The van der Waals surface area contributed by atoms with Gasteiger partial charge in [0.15, 0.2) is 0 Å². The number of carbonyl (C=O) groups is 2. The lowest BCUT2D eigenvalue weighted by molar-refractivity contribution is -0.140. The van der Waals surface area contributed by atoms with E-state index in [-0.39, 0.29) is 36.6 Å². The Bertz CT molecular complexity index is 682. The summed E-state index contributed by atoms with van der Waals surface area (Å²) in [5.41, 5.74) is 0. The molecule has 0 saturated heterocycles. The highest BCUT2D eigenvalue weighted by Gasteiger charge is 2.39. The van der Waals surface area contributed by atoms with Gasteiger partial charge in [-0.3, -0.25) is 9.59 Å². The van der Waals surface area contributed by atoms with Gasteiger partial charge in [0.2, 0.25) is 0 Å².